The maximum absolute atomic E-state index is 14.2. The summed E-state index contributed by atoms with van der Waals surface area (Å²) in [5.74, 6) is -2.80. The molecule has 2 aromatic carbocycles. The fraction of sp³-hybridized carbons (Fsp3) is 0.125. The molecule has 22 heavy (non-hydrogen) atoms. The highest BCUT2D eigenvalue weighted by Crippen LogP contribution is 2.43. The van der Waals surface area contributed by atoms with E-state index in [0.717, 1.165) is 23.8 Å². The highest BCUT2D eigenvalue weighted by molar-refractivity contribution is 5.83. The van der Waals surface area contributed by atoms with Gasteiger partial charge in [0.1, 0.15) is 0 Å². The van der Waals surface area contributed by atoms with E-state index in [1.807, 2.05) is 6.92 Å². The topological polar surface area (TPSA) is 18.5 Å². The van der Waals surface area contributed by atoms with E-state index >= 15 is 0 Å². The van der Waals surface area contributed by atoms with E-state index in [0.29, 0.717) is 0 Å². The zero-order valence-corrected chi connectivity index (χ0v) is 11.4. The number of halogens is 4. The lowest BCUT2D eigenvalue weighted by Crippen LogP contribution is -2.25. The number of alkyl halides is 2. The molecule has 0 saturated heterocycles. The molecule has 0 amide bonds. The highest BCUT2D eigenvalue weighted by Gasteiger charge is 2.43. The van der Waals surface area contributed by atoms with Gasteiger partial charge in [-0.05, 0) is 25.1 Å². The van der Waals surface area contributed by atoms with Gasteiger partial charge in [-0.3, -0.25) is 0 Å². The molecular weight excluding hydrogens is 300 g/mol. The minimum atomic E-state index is -3.79. The molecule has 2 nitrogen and oxygen atoms in total. The Hall–Kier alpha value is -2.50. The summed E-state index contributed by atoms with van der Waals surface area (Å²) in [5, 5.41) is 0. The summed E-state index contributed by atoms with van der Waals surface area (Å²) in [6.45, 7) is 1.82. The normalized spacial score (nSPS) is 16.4. The van der Waals surface area contributed by atoms with E-state index in [-0.39, 0.29) is 22.6 Å². The summed E-state index contributed by atoms with van der Waals surface area (Å²) < 4.78 is 62.6. The van der Waals surface area contributed by atoms with Crippen molar-refractivity contribution in [2.45, 2.75) is 13.2 Å². The van der Waals surface area contributed by atoms with E-state index in [9.17, 15) is 17.6 Å². The van der Waals surface area contributed by atoms with Crippen LogP contribution in [0.4, 0.5) is 17.6 Å². The van der Waals surface area contributed by atoms with Crippen molar-refractivity contribution in [1.29, 1.82) is 0 Å². The summed E-state index contributed by atoms with van der Waals surface area (Å²) in [5.41, 5.74) is 0.756. The van der Waals surface area contributed by atoms with Crippen LogP contribution in [0, 0.1) is 6.92 Å². The number of hydrogen-bond acceptors (Lipinski definition) is 2. The van der Waals surface area contributed by atoms with Crippen LogP contribution in [0.5, 0.6) is 11.5 Å². The molecule has 1 aliphatic rings. The molecule has 1 aliphatic heterocycles. The number of ether oxygens (including phenoxy) is 2. The summed E-state index contributed by atoms with van der Waals surface area (Å²) in [6.07, 6.45) is -3.79. The van der Waals surface area contributed by atoms with Crippen LogP contribution in [0.2, 0.25) is 0 Å². The fourth-order valence-electron chi connectivity index (χ4n) is 2.04. The molecule has 0 radical (unpaired) electrons. The lowest BCUT2D eigenvalue weighted by molar-refractivity contribution is -0.286. The van der Waals surface area contributed by atoms with Gasteiger partial charge in [0.05, 0.1) is 0 Å². The average molecular weight is 310 g/mol. The molecule has 2 aromatic rings. The minimum absolute atomic E-state index is 0.0612. The Balaban J connectivity index is 1.97. The van der Waals surface area contributed by atoms with Crippen molar-refractivity contribution in [3.05, 3.63) is 59.2 Å². The van der Waals surface area contributed by atoms with E-state index in [4.69, 9.17) is 0 Å². The van der Waals surface area contributed by atoms with Crippen LogP contribution in [0.1, 0.15) is 16.7 Å². The van der Waals surface area contributed by atoms with Gasteiger partial charge in [-0.15, -0.1) is 8.78 Å². The summed E-state index contributed by atoms with van der Waals surface area (Å²) in [4.78, 5) is 0. The molecule has 0 N–H and O–H groups in total. The summed E-state index contributed by atoms with van der Waals surface area (Å²) in [6, 6.07) is 9.38. The van der Waals surface area contributed by atoms with Crippen molar-refractivity contribution in [2.24, 2.45) is 0 Å². The monoisotopic (exact) mass is 310 g/mol. The van der Waals surface area contributed by atoms with Gasteiger partial charge in [0, 0.05) is 11.1 Å². The molecule has 6 heteroatoms. The van der Waals surface area contributed by atoms with Gasteiger partial charge in [-0.2, -0.15) is 0 Å². The van der Waals surface area contributed by atoms with Gasteiger partial charge in [-0.25, -0.2) is 8.78 Å². The summed E-state index contributed by atoms with van der Waals surface area (Å²) in [7, 11) is 0. The number of hydrogen-bond donors (Lipinski definition) is 0. The number of rotatable bonds is 2. The zero-order chi connectivity index (χ0) is 15.9. The number of aryl methyl sites for hydroxylation is 1. The Morgan fingerprint density at radius 2 is 1.36 bits per heavy atom. The average Bonchev–Trinajstić information content (AvgIpc) is 2.79. The van der Waals surface area contributed by atoms with Crippen LogP contribution in [0.15, 0.2) is 42.5 Å². The van der Waals surface area contributed by atoms with Crippen LogP contribution < -0.4 is 9.47 Å². The highest BCUT2D eigenvalue weighted by atomic mass is 19.3. The first kappa shape index (κ1) is 14.4. The second-order valence-electron chi connectivity index (χ2n) is 4.82. The fourth-order valence-corrected chi connectivity index (χ4v) is 2.04. The standard InChI is InChI=1S/C16H10F4O2/c1-9-2-4-10(5-3-9)14(17)15(18)11-6-7-12-13(8-11)22-16(19,20)21-12/h2-8H,1H3/b15-14+. The number of fused-ring (bicyclic) bond motifs is 1. The van der Waals surface area contributed by atoms with Crippen molar-refractivity contribution < 1.29 is 27.0 Å². The third kappa shape index (κ3) is 2.64. The van der Waals surface area contributed by atoms with Gasteiger partial charge >= 0.3 is 6.29 Å². The molecule has 0 aliphatic carbocycles. The van der Waals surface area contributed by atoms with Crippen molar-refractivity contribution in [1.82, 2.24) is 0 Å². The lowest BCUT2D eigenvalue weighted by atomic mass is 10.1. The van der Waals surface area contributed by atoms with Crippen molar-refractivity contribution >= 4 is 11.7 Å². The summed E-state index contributed by atoms with van der Waals surface area (Å²) >= 11 is 0. The largest absolute Gasteiger partial charge is 0.586 e. The third-order valence-electron chi connectivity index (χ3n) is 3.15. The molecule has 0 spiro atoms. The minimum Gasteiger partial charge on any atom is -0.395 e. The van der Waals surface area contributed by atoms with Crippen LogP contribution >= 0.6 is 0 Å². The van der Waals surface area contributed by atoms with Crippen LogP contribution in [0.3, 0.4) is 0 Å². The number of benzene rings is 2. The van der Waals surface area contributed by atoms with Crippen LogP contribution in [-0.4, -0.2) is 6.29 Å². The van der Waals surface area contributed by atoms with E-state index < -0.39 is 17.9 Å². The van der Waals surface area contributed by atoms with Crippen molar-refractivity contribution in [3.63, 3.8) is 0 Å². The molecule has 3 rings (SSSR count). The van der Waals surface area contributed by atoms with Crippen LogP contribution in [-0.2, 0) is 0 Å². The molecule has 0 saturated carbocycles. The molecule has 0 aromatic heterocycles. The Bertz CT molecular complexity index is 751. The second-order valence-corrected chi connectivity index (χ2v) is 4.82. The van der Waals surface area contributed by atoms with Gasteiger partial charge in [-0.1, -0.05) is 29.8 Å². The molecular formula is C16H10F4O2. The Morgan fingerprint density at radius 3 is 2.05 bits per heavy atom. The molecule has 0 atom stereocenters. The van der Waals surface area contributed by atoms with Gasteiger partial charge in [0.2, 0.25) is 0 Å². The third-order valence-corrected chi connectivity index (χ3v) is 3.15. The zero-order valence-electron chi connectivity index (χ0n) is 11.4. The molecule has 1 heterocycles. The Labute approximate surface area is 123 Å². The first-order chi connectivity index (χ1) is 10.4. The predicted molar refractivity (Wildman–Crippen MR) is 72.9 cm³/mol. The SMILES string of the molecule is Cc1ccc(/C(F)=C(\F)c2ccc3c(c2)OC(F)(F)O3)cc1. The predicted octanol–water partition coefficient (Wildman–Crippen LogP) is 5.08. The quantitative estimate of drug-likeness (QED) is 0.569. The second kappa shape index (κ2) is 5.05. The van der Waals surface area contributed by atoms with Gasteiger partial charge in [0.15, 0.2) is 23.2 Å². The Kier molecular flexibility index (Phi) is 3.31. The molecule has 0 fully saturated rings. The Morgan fingerprint density at radius 1 is 0.818 bits per heavy atom. The lowest BCUT2D eigenvalue weighted by Gasteiger charge is -2.04. The van der Waals surface area contributed by atoms with Gasteiger partial charge < -0.3 is 9.47 Å². The smallest absolute Gasteiger partial charge is 0.395 e. The van der Waals surface area contributed by atoms with Crippen molar-refractivity contribution in [2.75, 3.05) is 0 Å². The first-order valence-corrected chi connectivity index (χ1v) is 6.38. The van der Waals surface area contributed by atoms with Crippen molar-refractivity contribution in [3.8, 4) is 11.5 Å². The maximum atomic E-state index is 14.2. The molecule has 114 valence electrons. The molecule has 0 bridgehead atoms. The van der Waals surface area contributed by atoms with E-state index in [1.54, 1.807) is 12.1 Å². The van der Waals surface area contributed by atoms with E-state index in [1.165, 1.54) is 12.1 Å². The van der Waals surface area contributed by atoms with Crippen LogP contribution in [0.25, 0.3) is 11.7 Å². The van der Waals surface area contributed by atoms with Gasteiger partial charge in [0.25, 0.3) is 0 Å². The maximum Gasteiger partial charge on any atom is 0.586 e. The van der Waals surface area contributed by atoms with E-state index in [2.05, 4.69) is 9.47 Å². The first-order valence-electron chi connectivity index (χ1n) is 6.38. The molecule has 0 unspecified atom stereocenters.